The van der Waals surface area contributed by atoms with Crippen LogP contribution in [0.3, 0.4) is 0 Å². The molecule has 1 saturated carbocycles. The van der Waals surface area contributed by atoms with Gasteiger partial charge in [0, 0.05) is 15.2 Å². The number of anilines is 1. The van der Waals surface area contributed by atoms with Gasteiger partial charge in [0.05, 0.1) is 23.1 Å². The van der Waals surface area contributed by atoms with Crippen molar-refractivity contribution in [3.05, 3.63) is 64.7 Å². The van der Waals surface area contributed by atoms with Gasteiger partial charge in [0.25, 0.3) is 0 Å². The van der Waals surface area contributed by atoms with Crippen molar-refractivity contribution in [1.82, 2.24) is 0 Å². The maximum absolute atomic E-state index is 13.0. The summed E-state index contributed by atoms with van der Waals surface area (Å²) in [5.74, 6) is -2.23. The third-order valence-corrected chi connectivity index (χ3v) is 9.15. The molecule has 0 unspecified atom stereocenters. The number of carbonyl (C=O) groups is 4. The summed E-state index contributed by atoms with van der Waals surface area (Å²) in [7, 11) is 0. The highest BCUT2D eigenvalue weighted by atomic mass is 79.9. The van der Waals surface area contributed by atoms with Crippen LogP contribution < -0.4 is 4.90 Å². The van der Waals surface area contributed by atoms with Crippen LogP contribution in [0.1, 0.15) is 44.7 Å². The summed E-state index contributed by atoms with van der Waals surface area (Å²) in [4.78, 5) is 52.5. The van der Waals surface area contributed by atoms with E-state index in [1.807, 2.05) is 19.9 Å². The number of ether oxygens (including phenoxy) is 1. The standard InChI is InChI=1S/C25H23Br2NO5/c1-13-6-7-15(8-14(13)2)22(29)12-33-25(32)16-4-3-5-17(9-16)28-23(30)18-10-20(26)21(27)11-19(18)24(28)31/h3-9,18-21H,10-12H2,1-2H3/t18-,19+,20-,21-/m0/s1. The molecule has 2 amide bonds. The summed E-state index contributed by atoms with van der Waals surface area (Å²) in [6, 6.07) is 11.6. The molecule has 4 rings (SSSR count). The van der Waals surface area contributed by atoms with Crippen molar-refractivity contribution in [3.63, 3.8) is 0 Å². The molecule has 0 aromatic heterocycles. The molecule has 1 saturated heterocycles. The smallest absolute Gasteiger partial charge is 0.338 e. The van der Waals surface area contributed by atoms with Gasteiger partial charge in [-0.2, -0.15) is 0 Å². The van der Waals surface area contributed by atoms with Crippen molar-refractivity contribution < 1.29 is 23.9 Å². The highest BCUT2D eigenvalue weighted by molar-refractivity contribution is 9.12. The van der Waals surface area contributed by atoms with Crippen molar-refractivity contribution in [2.75, 3.05) is 11.5 Å². The number of nitrogens with zero attached hydrogens (tertiary/aromatic N) is 1. The third kappa shape index (κ3) is 4.68. The predicted molar refractivity (Wildman–Crippen MR) is 131 cm³/mol. The number of esters is 1. The van der Waals surface area contributed by atoms with E-state index in [2.05, 4.69) is 31.9 Å². The van der Waals surface area contributed by atoms with Crippen molar-refractivity contribution in [2.45, 2.75) is 36.3 Å². The van der Waals surface area contributed by atoms with Crippen LogP contribution in [-0.4, -0.2) is 39.8 Å². The molecule has 0 bridgehead atoms. The van der Waals surface area contributed by atoms with Gasteiger partial charge in [0.15, 0.2) is 12.4 Å². The van der Waals surface area contributed by atoms with E-state index in [1.54, 1.807) is 24.3 Å². The van der Waals surface area contributed by atoms with Crippen LogP contribution in [0.5, 0.6) is 0 Å². The molecular formula is C25H23Br2NO5. The van der Waals surface area contributed by atoms with Crippen molar-refractivity contribution in [1.29, 1.82) is 0 Å². The fraction of sp³-hybridized carbons (Fsp3) is 0.360. The Hall–Kier alpha value is -2.32. The number of Topliss-reactive ketones (excluding diaryl/α,β-unsaturated/α-hetero) is 1. The van der Waals surface area contributed by atoms with Crippen LogP contribution in [0.4, 0.5) is 5.69 Å². The fourth-order valence-corrected chi connectivity index (χ4v) is 5.57. The highest BCUT2D eigenvalue weighted by Crippen LogP contribution is 2.44. The lowest BCUT2D eigenvalue weighted by Crippen LogP contribution is -2.34. The van der Waals surface area contributed by atoms with Crippen molar-refractivity contribution in [3.8, 4) is 0 Å². The molecule has 8 heteroatoms. The summed E-state index contributed by atoms with van der Waals surface area (Å²) in [6.45, 7) is 3.48. The number of carbonyl (C=O) groups excluding carboxylic acids is 4. The zero-order valence-corrected chi connectivity index (χ0v) is 21.4. The largest absolute Gasteiger partial charge is 0.454 e. The Kier molecular flexibility index (Phi) is 6.86. The normalized spacial score (nSPS) is 24.5. The Morgan fingerprint density at radius 1 is 0.909 bits per heavy atom. The predicted octanol–water partition coefficient (Wildman–Crippen LogP) is 4.77. The molecular weight excluding hydrogens is 554 g/mol. The lowest BCUT2D eigenvalue weighted by Gasteiger charge is -2.29. The van der Waals surface area contributed by atoms with Crippen LogP contribution >= 0.6 is 31.9 Å². The van der Waals surface area contributed by atoms with E-state index in [1.165, 1.54) is 17.0 Å². The van der Waals surface area contributed by atoms with Gasteiger partial charge in [-0.3, -0.25) is 19.3 Å². The van der Waals surface area contributed by atoms with Gasteiger partial charge in [-0.15, -0.1) is 0 Å². The number of rotatable bonds is 5. The van der Waals surface area contributed by atoms with Gasteiger partial charge in [-0.1, -0.05) is 50.1 Å². The molecule has 2 fully saturated rings. The zero-order chi connectivity index (χ0) is 23.9. The van der Waals surface area contributed by atoms with Crippen LogP contribution in [0.25, 0.3) is 0 Å². The Bertz CT molecular complexity index is 1120. The van der Waals surface area contributed by atoms with E-state index in [0.717, 1.165) is 11.1 Å². The average molecular weight is 577 g/mol. The van der Waals surface area contributed by atoms with Crippen LogP contribution in [0, 0.1) is 25.7 Å². The number of ketones is 1. The van der Waals surface area contributed by atoms with Gasteiger partial charge in [-0.25, -0.2) is 4.79 Å². The molecule has 1 aliphatic heterocycles. The minimum Gasteiger partial charge on any atom is -0.454 e. The number of imide groups is 1. The van der Waals surface area contributed by atoms with E-state index in [4.69, 9.17) is 4.74 Å². The summed E-state index contributed by atoms with van der Waals surface area (Å²) in [5, 5.41) is 0. The molecule has 0 radical (unpaired) electrons. The molecule has 4 atom stereocenters. The number of alkyl halides is 2. The van der Waals surface area contributed by atoms with Crippen molar-refractivity contribution >= 4 is 61.1 Å². The molecule has 172 valence electrons. The Morgan fingerprint density at radius 2 is 1.55 bits per heavy atom. The molecule has 2 aromatic rings. The summed E-state index contributed by atoms with van der Waals surface area (Å²) in [6.07, 6.45) is 1.15. The number of aryl methyl sites for hydroxylation is 2. The molecule has 0 N–H and O–H groups in total. The van der Waals surface area contributed by atoms with E-state index >= 15 is 0 Å². The van der Waals surface area contributed by atoms with Gasteiger partial charge in [-0.05, 0) is 62.1 Å². The second-order valence-electron chi connectivity index (χ2n) is 8.58. The Balaban J connectivity index is 1.47. The monoisotopic (exact) mass is 575 g/mol. The summed E-state index contributed by atoms with van der Waals surface area (Å²) in [5.41, 5.74) is 3.05. The molecule has 2 aliphatic rings. The third-order valence-electron chi connectivity index (χ3n) is 6.41. The van der Waals surface area contributed by atoms with E-state index in [9.17, 15) is 19.2 Å². The average Bonchev–Trinajstić information content (AvgIpc) is 3.03. The van der Waals surface area contributed by atoms with E-state index in [-0.39, 0.29) is 44.7 Å². The molecule has 2 aromatic carbocycles. The second-order valence-corrected chi connectivity index (χ2v) is 10.9. The highest BCUT2D eigenvalue weighted by Gasteiger charge is 2.52. The summed E-state index contributed by atoms with van der Waals surface area (Å²) >= 11 is 7.16. The molecule has 33 heavy (non-hydrogen) atoms. The maximum Gasteiger partial charge on any atom is 0.338 e. The van der Waals surface area contributed by atoms with Gasteiger partial charge in [0.2, 0.25) is 11.8 Å². The number of hydrogen-bond donors (Lipinski definition) is 0. The molecule has 0 spiro atoms. The number of hydrogen-bond acceptors (Lipinski definition) is 5. The Labute approximate surface area is 208 Å². The second kappa shape index (κ2) is 9.50. The maximum atomic E-state index is 13.0. The summed E-state index contributed by atoms with van der Waals surface area (Å²) < 4.78 is 5.22. The SMILES string of the molecule is Cc1ccc(C(=O)COC(=O)c2cccc(N3C(=O)[C@H]4C[C@H](Br)[C@@H](Br)C[C@H]4C3=O)c2)cc1C. The Morgan fingerprint density at radius 3 is 2.15 bits per heavy atom. The lowest BCUT2D eigenvalue weighted by atomic mass is 9.81. The minimum atomic E-state index is -0.688. The number of halogens is 2. The first-order chi connectivity index (χ1) is 15.7. The molecule has 6 nitrogen and oxygen atoms in total. The quantitative estimate of drug-likeness (QED) is 0.222. The van der Waals surface area contributed by atoms with Gasteiger partial charge < -0.3 is 4.74 Å². The molecule has 1 aliphatic carbocycles. The first-order valence-corrected chi connectivity index (χ1v) is 12.5. The van der Waals surface area contributed by atoms with Crippen LogP contribution in [0.2, 0.25) is 0 Å². The van der Waals surface area contributed by atoms with Crippen molar-refractivity contribution in [2.24, 2.45) is 11.8 Å². The van der Waals surface area contributed by atoms with Gasteiger partial charge in [0.1, 0.15) is 0 Å². The minimum absolute atomic E-state index is 0.117. The van der Waals surface area contributed by atoms with Crippen LogP contribution in [0.15, 0.2) is 42.5 Å². The number of amides is 2. The van der Waals surface area contributed by atoms with Crippen LogP contribution in [-0.2, 0) is 14.3 Å². The van der Waals surface area contributed by atoms with E-state index in [0.29, 0.717) is 24.1 Å². The topological polar surface area (TPSA) is 80.8 Å². The van der Waals surface area contributed by atoms with E-state index < -0.39 is 12.6 Å². The zero-order valence-electron chi connectivity index (χ0n) is 18.2. The number of benzene rings is 2. The molecule has 1 heterocycles. The lowest BCUT2D eigenvalue weighted by molar-refractivity contribution is -0.122. The van der Waals surface area contributed by atoms with Gasteiger partial charge >= 0.3 is 5.97 Å². The first-order valence-electron chi connectivity index (χ1n) is 10.7. The fourth-order valence-electron chi connectivity index (χ4n) is 4.33. The number of fused-ring (bicyclic) bond motifs is 1. The first kappa shape index (κ1) is 23.8.